The van der Waals surface area contributed by atoms with Crippen LogP contribution in [0.4, 0.5) is 0 Å². The van der Waals surface area contributed by atoms with E-state index in [2.05, 4.69) is 9.97 Å². The third-order valence-electron chi connectivity index (χ3n) is 2.89. The highest BCUT2D eigenvalue weighted by atomic mass is 16.5. The summed E-state index contributed by atoms with van der Waals surface area (Å²) >= 11 is 0. The summed E-state index contributed by atoms with van der Waals surface area (Å²) in [4.78, 5) is 18.6. The molecule has 0 amide bonds. The van der Waals surface area contributed by atoms with Crippen LogP contribution in [0.2, 0.25) is 0 Å². The maximum Gasteiger partial charge on any atom is 0.306 e. The van der Waals surface area contributed by atoms with Gasteiger partial charge in [0.15, 0.2) is 0 Å². The van der Waals surface area contributed by atoms with Crippen LogP contribution in [0.25, 0.3) is 11.3 Å². The number of aromatic nitrogens is 2. The van der Waals surface area contributed by atoms with Crippen molar-refractivity contribution in [3.05, 3.63) is 41.9 Å². The Balaban J connectivity index is 1.97. The van der Waals surface area contributed by atoms with Gasteiger partial charge < -0.3 is 9.72 Å². The molecule has 2 rings (SSSR count). The van der Waals surface area contributed by atoms with Gasteiger partial charge in [-0.05, 0) is 31.4 Å². The number of ether oxygens (including phenoxy) is 1. The molecule has 1 N–H and O–H groups in total. The number of aryl methyl sites for hydroxylation is 2. The van der Waals surface area contributed by atoms with Crippen LogP contribution in [0.15, 0.2) is 30.5 Å². The fraction of sp³-hybridized carbons (Fsp3) is 0.333. The lowest BCUT2D eigenvalue weighted by Gasteiger charge is -2.03. The first-order valence-corrected chi connectivity index (χ1v) is 6.45. The number of rotatable bonds is 5. The van der Waals surface area contributed by atoms with Crippen LogP contribution in [0.5, 0.6) is 0 Å². The van der Waals surface area contributed by atoms with E-state index in [0.717, 1.165) is 22.6 Å². The molecule has 0 saturated carbocycles. The summed E-state index contributed by atoms with van der Waals surface area (Å²) < 4.78 is 4.91. The van der Waals surface area contributed by atoms with Crippen molar-refractivity contribution >= 4 is 5.97 Å². The van der Waals surface area contributed by atoms with E-state index in [1.54, 1.807) is 0 Å². The zero-order valence-electron chi connectivity index (χ0n) is 11.3. The van der Waals surface area contributed by atoms with Gasteiger partial charge in [0.05, 0.1) is 18.5 Å². The minimum Gasteiger partial charge on any atom is -0.466 e. The molecule has 0 aliphatic rings. The zero-order chi connectivity index (χ0) is 13.7. The van der Waals surface area contributed by atoms with Crippen molar-refractivity contribution in [2.24, 2.45) is 0 Å². The predicted molar refractivity (Wildman–Crippen MR) is 73.7 cm³/mol. The second kappa shape index (κ2) is 6.18. The number of benzene rings is 1. The van der Waals surface area contributed by atoms with Gasteiger partial charge in [-0.15, -0.1) is 0 Å². The predicted octanol–water partition coefficient (Wildman–Crippen LogP) is 2.88. The highest BCUT2D eigenvalue weighted by Gasteiger charge is 2.04. The van der Waals surface area contributed by atoms with Gasteiger partial charge in [0.25, 0.3) is 0 Å². The van der Waals surface area contributed by atoms with E-state index in [0.29, 0.717) is 19.4 Å². The number of nitrogens with one attached hydrogen (secondary N) is 1. The molecular weight excluding hydrogens is 240 g/mol. The highest BCUT2D eigenvalue weighted by Crippen LogP contribution is 2.18. The summed E-state index contributed by atoms with van der Waals surface area (Å²) in [6.07, 6.45) is 2.96. The number of imidazole rings is 1. The van der Waals surface area contributed by atoms with E-state index in [4.69, 9.17) is 4.74 Å². The first-order chi connectivity index (χ1) is 9.19. The third kappa shape index (κ3) is 3.68. The molecule has 0 spiro atoms. The van der Waals surface area contributed by atoms with Crippen LogP contribution in [0, 0.1) is 6.92 Å². The molecule has 0 bridgehead atoms. The monoisotopic (exact) mass is 258 g/mol. The average Bonchev–Trinajstić information content (AvgIpc) is 2.84. The average molecular weight is 258 g/mol. The Kier molecular flexibility index (Phi) is 4.34. The number of H-pyrrole nitrogens is 1. The fourth-order valence-electron chi connectivity index (χ4n) is 1.90. The Bertz CT molecular complexity index is 544. The molecule has 0 saturated heterocycles. The Morgan fingerprint density at radius 3 is 2.63 bits per heavy atom. The standard InChI is InChI=1S/C15H18N2O2/c1-3-19-15(18)9-6-12-4-7-13(8-5-12)14-10-16-11(2)17-14/h4-5,7-8,10H,3,6,9H2,1-2H3,(H,16,17). The van der Waals surface area contributed by atoms with E-state index in [1.165, 1.54) is 0 Å². The molecule has 100 valence electrons. The molecule has 0 aliphatic carbocycles. The van der Waals surface area contributed by atoms with Crippen molar-refractivity contribution in [2.45, 2.75) is 26.7 Å². The minimum absolute atomic E-state index is 0.143. The molecule has 4 nitrogen and oxygen atoms in total. The van der Waals surface area contributed by atoms with Crippen molar-refractivity contribution in [3.63, 3.8) is 0 Å². The molecule has 0 aliphatic heterocycles. The maximum atomic E-state index is 11.3. The summed E-state index contributed by atoms with van der Waals surface area (Å²) in [6.45, 7) is 4.19. The van der Waals surface area contributed by atoms with Crippen molar-refractivity contribution in [1.82, 2.24) is 9.97 Å². The van der Waals surface area contributed by atoms with E-state index >= 15 is 0 Å². The summed E-state index contributed by atoms with van der Waals surface area (Å²) in [5, 5.41) is 0. The smallest absolute Gasteiger partial charge is 0.306 e. The summed E-state index contributed by atoms with van der Waals surface area (Å²) in [7, 11) is 0. The first-order valence-electron chi connectivity index (χ1n) is 6.45. The number of nitrogens with zero attached hydrogens (tertiary/aromatic N) is 1. The number of hydrogen-bond acceptors (Lipinski definition) is 3. The summed E-state index contributed by atoms with van der Waals surface area (Å²) in [6, 6.07) is 8.14. The van der Waals surface area contributed by atoms with Crippen LogP contribution in [0.3, 0.4) is 0 Å². The van der Waals surface area contributed by atoms with Gasteiger partial charge in [0.1, 0.15) is 5.82 Å². The van der Waals surface area contributed by atoms with Crippen molar-refractivity contribution < 1.29 is 9.53 Å². The van der Waals surface area contributed by atoms with Crippen LogP contribution >= 0.6 is 0 Å². The normalized spacial score (nSPS) is 10.4. The van der Waals surface area contributed by atoms with Crippen LogP contribution in [-0.4, -0.2) is 22.5 Å². The van der Waals surface area contributed by atoms with Gasteiger partial charge in [-0.2, -0.15) is 0 Å². The topological polar surface area (TPSA) is 55.0 Å². The lowest BCUT2D eigenvalue weighted by atomic mass is 10.1. The van der Waals surface area contributed by atoms with Crippen LogP contribution in [0.1, 0.15) is 24.7 Å². The van der Waals surface area contributed by atoms with Crippen molar-refractivity contribution in [3.8, 4) is 11.3 Å². The van der Waals surface area contributed by atoms with E-state index in [9.17, 15) is 4.79 Å². The third-order valence-corrected chi connectivity index (χ3v) is 2.89. The molecular formula is C15H18N2O2. The van der Waals surface area contributed by atoms with Gasteiger partial charge in [-0.25, -0.2) is 4.98 Å². The Labute approximate surface area is 112 Å². The molecule has 1 aromatic carbocycles. The van der Waals surface area contributed by atoms with Crippen LogP contribution < -0.4 is 0 Å². The largest absolute Gasteiger partial charge is 0.466 e. The number of carbonyl (C=O) groups is 1. The SMILES string of the molecule is CCOC(=O)CCc1ccc(-c2cnc(C)[nH]2)cc1. The second-order valence-electron chi connectivity index (χ2n) is 4.38. The summed E-state index contributed by atoms with van der Waals surface area (Å²) in [5.74, 6) is 0.761. The molecule has 0 fully saturated rings. The quantitative estimate of drug-likeness (QED) is 0.839. The zero-order valence-corrected chi connectivity index (χ0v) is 11.3. The molecule has 0 radical (unpaired) electrons. The second-order valence-corrected chi connectivity index (χ2v) is 4.38. The van der Waals surface area contributed by atoms with Gasteiger partial charge >= 0.3 is 5.97 Å². The highest BCUT2D eigenvalue weighted by molar-refractivity contribution is 5.69. The van der Waals surface area contributed by atoms with Crippen LogP contribution in [-0.2, 0) is 16.0 Å². The number of hydrogen-bond donors (Lipinski definition) is 1. The fourth-order valence-corrected chi connectivity index (χ4v) is 1.90. The van der Waals surface area contributed by atoms with Gasteiger partial charge in [-0.1, -0.05) is 24.3 Å². The minimum atomic E-state index is -0.143. The Morgan fingerprint density at radius 1 is 1.32 bits per heavy atom. The Hall–Kier alpha value is -2.10. The molecule has 0 unspecified atom stereocenters. The van der Waals surface area contributed by atoms with E-state index < -0.39 is 0 Å². The van der Waals surface area contributed by atoms with Gasteiger partial charge in [0.2, 0.25) is 0 Å². The van der Waals surface area contributed by atoms with Crippen molar-refractivity contribution in [2.75, 3.05) is 6.61 Å². The number of esters is 1. The lowest BCUT2D eigenvalue weighted by molar-refractivity contribution is -0.143. The van der Waals surface area contributed by atoms with E-state index in [-0.39, 0.29) is 5.97 Å². The maximum absolute atomic E-state index is 11.3. The van der Waals surface area contributed by atoms with E-state index in [1.807, 2.05) is 44.3 Å². The molecule has 1 heterocycles. The molecule has 4 heteroatoms. The summed E-state index contributed by atoms with van der Waals surface area (Å²) in [5.41, 5.74) is 3.24. The lowest BCUT2D eigenvalue weighted by Crippen LogP contribution is -2.05. The first kappa shape index (κ1) is 13.3. The number of carbonyl (C=O) groups excluding carboxylic acids is 1. The van der Waals surface area contributed by atoms with Gasteiger partial charge in [0, 0.05) is 6.42 Å². The Morgan fingerprint density at radius 2 is 2.05 bits per heavy atom. The number of aromatic amines is 1. The molecule has 1 aromatic heterocycles. The molecule has 0 atom stereocenters. The van der Waals surface area contributed by atoms with Gasteiger partial charge in [-0.3, -0.25) is 4.79 Å². The molecule has 2 aromatic rings. The molecule has 19 heavy (non-hydrogen) atoms. The van der Waals surface area contributed by atoms with Crippen molar-refractivity contribution in [1.29, 1.82) is 0 Å².